The van der Waals surface area contributed by atoms with Crippen LogP contribution in [0.15, 0.2) is 22.7 Å². The van der Waals surface area contributed by atoms with E-state index in [0.717, 1.165) is 23.2 Å². The number of ether oxygens (including phenoxy) is 1. The zero-order chi connectivity index (χ0) is 11.0. The molecule has 2 aliphatic rings. The van der Waals surface area contributed by atoms with Gasteiger partial charge in [0.25, 0.3) is 0 Å². The lowest BCUT2D eigenvalue weighted by molar-refractivity contribution is 0.142. The molecule has 86 valence electrons. The number of hydrogen-bond acceptors (Lipinski definition) is 2. The van der Waals surface area contributed by atoms with E-state index in [1.165, 1.54) is 31.5 Å². The van der Waals surface area contributed by atoms with Crippen LogP contribution < -0.4 is 4.74 Å². The SMILES string of the molecule is Brc1ccc2c(c1)OCC(N1CCCC1)C2. The molecule has 0 saturated carbocycles. The van der Waals surface area contributed by atoms with Gasteiger partial charge in [-0.15, -0.1) is 0 Å². The Bertz CT molecular complexity index is 388. The van der Waals surface area contributed by atoms with Crippen LogP contribution in [0.1, 0.15) is 18.4 Å². The first-order valence-electron chi connectivity index (χ1n) is 5.98. The van der Waals surface area contributed by atoms with E-state index < -0.39 is 0 Å². The van der Waals surface area contributed by atoms with Crippen molar-refractivity contribution in [3.8, 4) is 5.75 Å². The lowest BCUT2D eigenvalue weighted by atomic mass is 10.0. The van der Waals surface area contributed by atoms with Gasteiger partial charge in [-0.2, -0.15) is 0 Å². The highest BCUT2D eigenvalue weighted by atomic mass is 79.9. The van der Waals surface area contributed by atoms with Gasteiger partial charge in [0.15, 0.2) is 0 Å². The highest BCUT2D eigenvalue weighted by molar-refractivity contribution is 9.10. The van der Waals surface area contributed by atoms with Gasteiger partial charge in [-0.1, -0.05) is 22.0 Å². The molecule has 3 rings (SSSR count). The minimum absolute atomic E-state index is 0.594. The molecule has 2 aliphatic heterocycles. The highest BCUT2D eigenvalue weighted by Gasteiger charge is 2.27. The molecule has 0 amide bonds. The standard InChI is InChI=1S/C13H16BrNO/c14-11-4-3-10-7-12(9-16-13(10)8-11)15-5-1-2-6-15/h3-4,8,12H,1-2,5-7,9H2. The van der Waals surface area contributed by atoms with Crippen molar-refractivity contribution in [3.63, 3.8) is 0 Å². The lowest BCUT2D eigenvalue weighted by Gasteiger charge is -2.32. The summed E-state index contributed by atoms with van der Waals surface area (Å²) < 4.78 is 6.96. The molecule has 16 heavy (non-hydrogen) atoms. The molecular formula is C13H16BrNO. The number of hydrogen-bond donors (Lipinski definition) is 0. The third-order valence-corrected chi connectivity index (χ3v) is 4.07. The normalized spacial score (nSPS) is 25.2. The maximum absolute atomic E-state index is 5.86. The molecule has 1 fully saturated rings. The van der Waals surface area contributed by atoms with E-state index in [1.54, 1.807) is 0 Å². The third kappa shape index (κ3) is 1.98. The Kier molecular flexibility index (Phi) is 2.90. The van der Waals surface area contributed by atoms with Gasteiger partial charge in [0.05, 0.1) is 0 Å². The minimum Gasteiger partial charge on any atom is -0.492 e. The second kappa shape index (κ2) is 4.38. The van der Waals surface area contributed by atoms with Crippen molar-refractivity contribution in [1.29, 1.82) is 0 Å². The topological polar surface area (TPSA) is 12.5 Å². The molecule has 3 heteroatoms. The largest absolute Gasteiger partial charge is 0.492 e. The fourth-order valence-electron chi connectivity index (χ4n) is 2.67. The predicted octanol–water partition coefficient (Wildman–Crippen LogP) is 2.85. The average Bonchev–Trinajstić information content (AvgIpc) is 2.82. The summed E-state index contributed by atoms with van der Waals surface area (Å²) >= 11 is 3.48. The summed E-state index contributed by atoms with van der Waals surface area (Å²) in [4.78, 5) is 2.57. The van der Waals surface area contributed by atoms with Gasteiger partial charge in [-0.05, 0) is 50.0 Å². The van der Waals surface area contributed by atoms with Crippen LogP contribution in [0.4, 0.5) is 0 Å². The van der Waals surface area contributed by atoms with E-state index in [1.807, 2.05) is 0 Å². The Balaban J connectivity index is 1.78. The molecule has 0 N–H and O–H groups in total. The monoisotopic (exact) mass is 281 g/mol. The van der Waals surface area contributed by atoms with Crippen LogP contribution in [0, 0.1) is 0 Å². The fourth-order valence-corrected chi connectivity index (χ4v) is 3.01. The number of halogens is 1. The van der Waals surface area contributed by atoms with E-state index >= 15 is 0 Å². The summed E-state index contributed by atoms with van der Waals surface area (Å²) in [5.41, 5.74) is 1.35. The van der Waals surface area contributed by atoms with Crippen molar-refractivity contribution in [3.05, 3.63) is 28.2 Å². The summed E-state index contributed by atoms with van der Waals surface area (Å²) in [6.45, 7) is 3.35. The highest BCUT2D eigenvalue weighted by Crippen LogP contribution is 2.30. The first-order chi connectivity index (χ1) is 7.83. The Morgan fingerprint density at radius 1 is 1.25 bits per heavy atom. The molecule has 2 nitrogen and oxygen atoms in total. The fraction of sp³-hybridized carbons (Fsp3) is 0.538. The number of rotatable bonds is 1. The van der Waals surface area contributed by atoms with E-state index in [0.29, 0.717) is 6.04 Å². The van der Waals surface area contributed by atoms with Crippen LogP contribution in [-0.2, 0) is 6.42 Å². The second-order valence-corrected chi connectivity index (χ2v) is 5.58. The predicted molar refractivity (Wildman–Crippen MR) is 67.9 cm³/mol. The van der Waals surface area contributed by atoms with Gasteiger partial charge in [0.2, 0.25) is 0 Å². The smallest absolute Gasteiger partial charge is 0.123 e. The maximum Gasteiger partial charge on any atom is 0.123 e. The first kappa shape index (κ1) is 10.6. The number of nitrogens with zero attached hydrogens (tertiary/aromatic N) is 1. The average molecular weight is 282 g/mol. The summed E-state index contributed by atoms with van der Waals surface area (Å²) in [6, 6.07) is 6.96. The molecule has 1 unspecified atom stereocenters. The van der Waals surface area contributed by atoms with E-state index in [4.69, 9.17) is 4.74 Å². The van der Waals surface area contributed by atoms with Crippen LogP contribution in [0.3, 0.4) is 0 Å². The van der Waals surface area contributed by atoms with Crippen molar-refractivity contribution in [2.24, 2.45) is 0 Å². The van der Waals surface area contributed by atoms with Gasteiger partial charge in [-0.25, -0.2) is 0 Å². The minimum atomic E-state index is 0.594. The number of benzene rings is 1. The van der Waals surface area contributed by atoms with Gasteiger partial charge >= 0.3 is 0 Å². The van der Waals surface area contributed by atoms with Crippen LogP contribution in [0.25, 0.3) is 0 Å². The molecular weight excluding hydrogens is 266 g/mol. The van der Waals surface area contributed by atoms with Crippen LogP contribution in [-0.4, -0.2) is 30.6 Å². The molecule has 1 aromatic carbocycles. The Morgan fingerprint density at radius 2 is 2.06 bits per heavy atom. The summed E-state index contributed by atoms with van der Waals surface area (Å²) in [6.07, 6.45) is 3.84. The first-order valence-corrected chi connectivity index (χ1v) is 6.77. The Labute approximate surface area is 105 Å². The quantitative estimate of drug-likeness (QED) is 0.785. The lowest BCUT2D eigenvalue weighted by Crippen LogP contribution is -2.41. The Hall–Kier alpha value is -0.540. The molecule has 0 spiro atoms. The zero-order valence-corrected chi connectivity index (χ0v) is 10.9. The molecule has 0 bridgehead atoms. The molecule has 1 atom stereocenters. The van der Waals surface area contributed by atoms with Gasteiger partial charge in [-0.3, -0.25) is 4.90 Å². The third-order valence-electron chi connectivity index (χ3n) is 3.57. The molecule has 0 aliphatic carbocycles. The van der Waals surface area contributed by atoms with Crippen molar-refractivity contribution in [2.45, 2.75) is 25.3 Å². The molecule has 2 heterocycles. The van der Waals surface area contributed by atoms with E-state index in [2.05, 4.69) is 39.0 Å². The van der Waals surface area contributed by atoms with Crippen molar-refractivity contribution in [1.82, 2.24) is 4.90 Å². The van der Waals surface area contributed by atoms with Crippen molar-refractivity contribution in [2.75, 3.05) is 19.7 Å². The number of fused-ring (bicyclic) bond motifs is 1. The zero-order valence-electron chi connectivity index (χ0n) is 9.29. The summed E-state index contributed by atoms with van der Waals surface area (Å²) in [7, 11) is 0. The molecule has 1 aromatic rings. The van der Waals surface area contributed by atoms with Gasteiger partial charge in [0, 0.05) is 10.5 Å². The van der Waals surface area contributed by atoms with Crippen LogP contribution in [0.5, 0.6) is 5.75 Å². The van der Waals surface area contributed by atoms with E-state index in [9.17, 15) is 0 Å². The van der Waals surface area contributed by atoms with Gasteiger partial charge < -0.3 is 4.74 Å². The van der Waals surface area contributed by atoms with Crippen LogP contribution in [0.2, 0.25) is 0 Å². The molecule has 1 saturated heterocycles. The number of likely N-dealkylation sites (tertiary alicyclic amines) is 1. The van der Waals surface area contributed by atoms with E-state index in [-0.39, 0.29) is 0 Å². The van der Waals surface area contributed by atoms with Crippen molar-refractivity contribution >= 4 is 15.9 Å². The maximum atomic E-state index is 5.86. The second-order valence-electron chi connectivity index (χ2n) is 4.66. The molecule has 0 radical (unpaired) electrons. The van der Waals surface area contributed by atoms with Gasteiger partial charge in [0.1, 0.15) is 12.4 Å². The molecule has 0 aromatic heterocycles. The summed E-state index contributed by atoms with van der Waals surface area (Å²) in [5, 5.41) is 0. The Morgan fingerprint density at radius 3 is 2.88 bits per heavy atom. The van der Waals surface area contributed by atoms with Crippen molar-refractivity contribution < 1.29 is 4.74 Å². The van der Waals surface area contributed by atoms with Crippen LogP contribution >= 0.6 is 15.9 Å². The summed E-state index contributed by atoms with van der Waals surface area (Å²) in [5.74, 6) is 1.06.